The van der Waals surface area contributed by atoms with Crippen LogP contribution in [0.5, 0.6) is 5.75 Å². The fourth-order valence-electron chi connectivity index (χ4n) is 2.82. The van der Waals surface area contributed by atoms with Gasteiger partial charge in [0.2, 0.25) is 0 Å². The summed E-state index contributed by atoms with van der Waals surface area (Å²) in [5, 5.41) is 11.1. The monoisotopic (exact) mass is 354 g/mol. The van der Waals surface area contributed by atoms with Gasteiger partial charge in [0, 0.05) is 17.7 Å². The van der Waals surface area contributed by atoms with Gasteiger partial charge >= 0.3 is 0 Å². The van der Waals surface area contributed by atoms with Crippen molar-refractivity contribution in [3.05, 3.63) is 63.7 Å². The standard InChI is InChI=1S/C19H18N2O5/c1-3-17-19(23)20(11-16(22)13-6-4-12(2)5-7-13)15-10-14(21(24)25)8-9-18(15)26-17/h4-10,17H,3,11H2,1-2H3. The zero-order chi connectivity index (χ0) is 18.8. The number of hydrogen-bond donors (Lipinski definition) is 0. The van der Waals surface area contributed by atoms with Crippen LogP contribution in [0.3, 0.4) is 0 Å². The fourth-order valence-corrected chi connectivity index (χ4v) is 2.82. The van der Waals surface area contributed by atoms with Gasteiger partial charge in [0.05, 0.1) is 17.2 Å². The van der Waals surface area contributed by atoms with E-state index < -0.39 is 11.0 Å². The van der Waals surface area contributed by atoms with Crippen LogP contribution in [-0.2, 0) is 4.79 Å². The highest BCUT2D eigenvalue weighted by Gasteiger charge is 2.35. The SMILES string of the molecule is CCC1Oc2ccc([N+](=O)[O-])cc2N(CC(=O)c2ccc(C)cc2)C1=O. The molecule has 2 aromatic rings. The summed E-state index contributed by atoms with van der Waals surface area (Å²) in [5.74, 6) is -0.257. The Morgan fingerprint density at radius 2 is 1.92 bits per heavy atom. The highest BCUT2D eigenvalue weighted by Crippen LogP contribution is 2.37. The van der Waals surface area contributed by atoms with Gasteiger partial charge in [-0.1, -0.05) is 36.8 Å². The van der Waals surface area contributed by atoms with Crippen LogP contribution in [0.2, 0.25) is 0 Å². The predicted molar refractivity (Wildman–Crippen MR) is 95.7 cm³/mol. The quantitative estimate of drug-likeness (QED) is 0.467. The molecule has 134 valence electrons. The lowest BCUT2D eigenvalue weighted by atomic mass is 10.1. The van der Waals surface area contributed by atoms with E-state index in [1.54, 1.807) is 19.1 Å². The number of hydrogen-bond acceptors (Lipinski definition) is 5. The van der Waals surface area contributed by atoms with E-state index in [9.17, 15) is 19.7 Å². The lowest BCUT2D eigenvalue weighted by Crippen LogP contribution is -2.47. The van der Waals surface area contributed by atoms with Gasteiger partial charge in [0.15, 0.2) is 11.9 Å². The van der Waals surface area contributed by atoms with Crippen LogP contribution in [-0.4, -0.2) is 29.3 Å². The Morgan fingerprint density at radius 3 is 2.54 bits per heavy atom. The summed E-state index contributed by atoms with van der Waals surface area (Å²) in [5.41, 5.74) is 1.59. The Kier molecular flexibility index (Phi) is 4.71. The van der Waals surface area contributed by atoms with Crippen molar-refractivity contribution in [1.82, 2.24) is 0 Å². The molecule has 1 amide bonds. The number of non-ortho nitro benzene ring substituents is 1. The van der Waals surface area contributed by atoms with Crippen molar-refractivity contribution in [3.63, 3.8) is 0 Å². The Balaban J connectivity index is 1.97. The van der Waals surface area contributed by atoms with Crippen LogP contribution in [0.4, 0.5) is 11.4 Å². The number of carbonyl (C=O) groups is 2. The first kappa shape index (κ1) is 17.6. The molecule has 26 heavy (non-hydrogen) atoms. The Morgan fingerprint density at radius 1 is 1.23 bits per heavy atom. The number of amides is 1. The molecular formula is C19H18N2O5. The number of ketones is 1. The summed E-state index contributed by atoms with van der Waals surface area (Å²) in [4.78, 5) is 37.1. The molecule has 7 heteroatoms. The summed E-state index contributed by atoms with van der Waals surface area (Å²) < 4.78 is 5.64. The molecule has 0 aromatic heterocycles. The summed E-state index contributed by atoms with van der Waals surface area (Å²) in [6.07, 6.45) is -0.278. The van der Waals surface area contributed by atoms with Crippen molar-refractivity contribution in [3.8, 4) is 5.75 Å². The van der Waals surface area contributed by atoms with Gasteiger partial charge in [0.25, 0.3) is 11.6 Å². The van der Waals surface area contributed by atoms with Crippen molar-refractivity contribution in [2.75, 3.05) is 11.4 Å². The van der Waals surface area contributed by atoms with Crippen molar-refractivity contribution < 1.29 is 19.2 Å². The average Bonchev–Trinajstić information content (AvgIpc) is 2.63. The molecule has 0 bridgehead atoms. The van der Waals surface area contributed by atoms with Crippen LogP contribution in [0.25, 0.3) is 0 Å². The van der Waals surface area contributed by atoms with Crippen LogP contribution < -0.4 is 9.64 Å². The number of Topliss-reactive ketones (excluding diaryl/α,β-unsaturated/α-hetero) is 1. The number of rotatable bonds is 5. The molecule has 1 unspecified atom stereocenters. The molecule has 0 radical (unpaired) electrons. The fraction of sp³-hybridized carbons (Fsp3) is 0.263. The van der Waals surface area contributed by atoms with Gasteiger partial charge in [0.1, 0.15) is 5.75 Å². The lowest BCUT2D eigenvalue weighted by molar-refractivity contribution is -0.384. The van der Waals surface area contributed by atoms with E-state index in [1.165, 1.54) is 23.1 Å². The molecule has 0 saturated carbocycles. The third kappa shape index (κ3) is 3.28. The molecule has 0 aliphatic carbocycles. The largest absolute Gasteiger partial charge is 0.478 e. The highest BCUT2D eigenvalue weighted by molar-refractivity contribution is 6.08. The maximum atomic E-state index is 12.7. The van der Waals surface area contributed by atoms with Gasteiger partial charge in [-0.25, -0.2) is 0 Å². The lowest BCUT2D eigenvalue weighted by Gasteiger charge is -2.33. The minimum Gasteiger partial charge on any atom is -0.478 e. The third-order valence-corrected chi connectivity index (χ3v) is 4.30. The smallest absolute Gasteiger partial charge is 0.271 e. The van der Waals surface area contributed by atoms with E-state index >= 15 is 0 Å². The van der Waals surface area contributed by atoms with Crippen LogP contribution >= 0.6 is 0 Å². The highest BCUT2D eigenvalue weighted by atomic mass is 16.6. The normalized spacial score (nSPS) is 16.0. The van der Waals surface area contributed by atoms with E-state index in [-0.39, 0.29) is 29.6 Å². The van der Waals surface area contributed by atoms with Crippen LogP contribution in [0.15, 0.2) is 42.5 Å². The molecule has 0 fully saturated rings. The first-order valence-electron chi connectivity index (χ1n) is 8.27. The van der Waals surface area contributed by atoms with Crippen molar-refractivity contribution in [2.45, 2.75) is 26.4 Å². The summed E-state index contributed by atoms with van der Waals surface area (Å²) in [6, 6.07) is 11.1. The maximum absolute atomic E-state index is 12.7. The minimum atomic E-state index is -0.713. The summed E-state index contributed by atoms with van der Waals surface area (Å²) >= 11 is 0. The first-order valence-corrected chi connectivity index (χ1v) is 8.27. The number of nitro groups is 1. The number of fused-ring (bicyclic) bond motifs is 1. The number of anilines is 1. The van der Waals surface area contributed by atoms with Gasteiger partial charge in [-0.05, 0) is 19.4 Å². The number of ether oxygens (including phenoxy) is 1. The van der Waals surface area contributed by atoms with E-state index in [0.29, 0.717) is 17.7 Å². The molecule has 0 spiro atoms. The van der Waals surface area contributed by atoms with Crippen LogP contribution in [0, 0.1) is 17.0 Å². The van der Waals surface area contributed by atoms with E-state index in [4.69, 9.17) is 4.74 Å². The molecule has 7 nitrogen and oxygen atoms in total. The number of nitro benzene ring substituents is 1. The second kappa shape index (κ2) is 6.95. The van der Waals surface area contributed by atoms with Gasteiger partial charge in [-0.2, -0.15) is 0 Å². The zero-order valence-corrected chi connectivity index (χ0v) is 14.5. The van der Waals surface area contributed by atoms with Gasteiger partial charge in [-0.15, -0.1) is 0 Å². The maximum Gasteiger partial charge on any atom is 0.271 e. The second-order valence-electron chi connectivity index (χ2n) is 6.14. The number of carbonyl (C=O) groups excluding carboxylic acids is 2. The molecule has 1 heterocycles. The molecule has 0 saturated heterocycles. The van der Waals surface area contributed by atoms with E-state index in [0.717, 1.165) is 5.56 Å². The predicted octanol–water partition coefficient (Wildman–Crippen LogP) is 3.29. The topological polar surface area (TPSA) is 89.8 Å². The average molecular weight is 354 g/mol. The Hall–Kier alpha value is -3.22. The molecule has 1 atom stereocenters. The molecule has 3 rings (SSSR count). The number of nitrogens with zero attached hydrogens (tertiary/aromatic N) is 2. The Bertz CT molecular complexity index is 876. The molecule has 1 aliphatic heterocycles. The van der Waals surface area contributed by atoms with E-state index in [2.05, 4.69) is 0 Å². The van der Waals surface area contributed by atoms with Gasteiger partial charge < -0.3 is 4.74 Å². The van der Waals surface area contributed by atoms with Crippen molar-refractivity contribution >= 4 is 23.1 Å². The molecule has 2 aromatic carbocycles. The van der Waals surface area contributed by atoms with Gasteiger partial charge in [-0.3, -0.25) is 24.6 Å². The number of aryl methyl sites for hydroxylation is 1. The third-order valence-electron chi connectivity index (χ3n) is 4.30. The second-order valence-corrected chi connectivity index (χ2v) is 6.14. The molecule has 0 N–H and O–H groups in total. The van der Waals surface area contributed by atoms with E-state index in [1.807, 2.05) is 19.1 Å². The summed E-state index contributed by atoms with van der Waals surface area (Å²) in [7, 11) is 0. The van der Waals surface area contributed by atoms with Crippen LogP contribution in [0.1, 0.15) is 29.3 Å². The Labute approximate surface area is 150 Å². The zero-order valence-electron chi connectivity index (χ0n) is 14.5. The van der Waals surface area contributed by atoms with Crippen molar-refractivity contribution in [2.24, 2.45) is 0 Å². The van der Waals surface area contributed by atoms with Crippen molar-refractivity contribution in [1.29, 1.82) is 0 Å². The molecular weight excluding hydrogens is 336 g/mol. The first-order chi connectivity index (χ1) is 12.4. The number of benzene rings is 2. The molecule has 1 aliphatic rings. The minimum absolute atomic E-state index is 0.164. The summed E-state index contributed by atoms with van der Waals surface area (Å²) in [6.45, 7) is 3.52.